The number of hydrogen-bond acceptors (Lipinski definition) is 5. The van der Waals surface area contributed by atoms with Crippen LogP contribution in [0.1, 0.15) is 45.4 Å². The van der Waals surface area contributed by atoms with E-state index in [1.165, 1.54) is 23.4 Å². The quantitative estimate of drug-likeness (QED) is 0.751. The van der Waals surface area contributed by atoms with E-state index in [9.17, 15) is 18.3 Å². The highest BCUT2D eigenvalue weighted by molar-refractivity contribution is 7.89. The van der Waals surface area contributed by atoms with Gasteiger partial charge in [-0.1, -0.05) is 0 Å². The van der Waals surface area contributed by atoms with Crippen molar-refractivity contribution in [2.45, 2.75) is 56.4 Å². The van der Waals surface area contributed by atoms with Gasteiger partial charge in [0, 0.05) is 38.9 Å². The van der Waals surface area contributed by atoms with Crippen LogP contribution in [0.15, 0.2) is 29.2 Å². The Bertz CT molecular complexity index is 764. The molecule has 0 aromatic heterocycles. The second-order valence-corrected chi connectivity index (χ2v) is 9.90. The van der Waals surface area contributed by atoms with Crippen molar-refractivity contribution in [3.8, 4) is 0 Å². The van der Waals surface area contributed by atoms with Crippen molar-refractivity contribution in [3.63, 3.8) is 0 Å². The lowest BCUT2D eigenvalue weighted by molar-refractivity contribution is -0.114. The van der Waals surface area contributed by atoms with Gasteiger partial charge in [-0.15, -0.1) is 0 Å². The number of carbonyl (C=O) groups is 1. The van der Waals surface area contributed by atoms with Crippen LogP contribution in [-0.2, 0) is 19.6 Å². The smallest absolute Gasteiger partial charge is 0.243 e. The minimum Gasteiger partial charge on any atom is -0.396 e. The summed E-state index contributed by atoms with van der Waals surface area (Å²) < 4.78 is 33.3. The predicted molar refractivity (Wildman–Crippen MR) is 106 cm³/mol. The number of carbonyl (C=O) groups excluding carboxylic acids is 1. The minimum absolute atomic E-state index is 0.0617. The van der Waals surface area contributed by atoms with Crippen LogP contribution in [0.2, 0.25) is 0 Å². The first kappa shape index (κ1) is 21.2. The second-order valence-electron chi connectivity index (χ2n) is 7.96. The van der Waals surface area contributed by atoms with Gasteiger partial charge in [0.1, 0.15) is 0 Å². The molecule has 0 saturated carbocycles. The molecule has 7 nitrogen and oxygen atoms in total. The van der Waals surface area contributed by atoms with E-state index in [4.69, 9.17) is 4.74 Å². The van der Waals surface area contributed by atoms with Crippen molar-refractivity contribution in [3.05, 3.63) is 24.3 Å². The molecular weight excluding hydrogens is 380 g/mol. The van der Waals surface area contributed by atoms with Crippen LogP contribution in [0.25, 0.3) is 0 Å². The van der Waals surface area contributed by atoms with Gasteiger partial charge in [-0.3, -0.25) is 4.79 Å². The molecule has 0 spiro atoms. The Kier molecular flexibility index (Phi) is 6.75. The van der Waals surface area contributed by atoms with E-state index in [0.717, 1.165) is 32.3 Å². The van der Waals surface area contributed by atoms with Crippen LogP contribution in [0.5, 0.6) is 0 Å². The van der Waals surface area contributed by atoms with E-state index in [-0.39, 0.29) is 28.9 Å². The maximum atomic E-state index is 13.0. The Balaban J connectivity index is 1.64. The second kappa shape index (κ2) is 8.90. The van der Waals surface area contributed by atoms with E-state index in [1.807, 2.05) is 0 Å². The summed E-state index contributed by atoms with van der Waals surface area (Å²) in [5.41, 5.74) is 0.306. The summed E-state index contributed by atoms with van der Waals surface area (Å²) in [5.74, 6) is -0.200. The van der Waals surface area contributed by atoms with Crippen LogP contribution in [-0.4, -0.2) is 56.1 Å². The molecule has 2 fully saturated rings. The Morgan fingerprint density at radius 1 is 1.25 bits per heavy atom. The molecule has 2 aliphatic heterocycles. The maximum Gasteiger partial charge on any atom is 0.243 e. The van der Waals surface area contributed by atoms with Gasteiger partial charge in [-0.05, 0) is 68.2 Å². The number of sulfonamides is 1. The predicted octanol–water partition coefficient (Wildman–Crippen LogP) is 2.37. The van der Waals surface area contributed by atoms with Crippen molar-refractivity contribution in [1.29, 1.82) is 0 Å². The van der Waals surface area contributed by atoms with Crippen LogP contribution in [0.4, 0.5) is 5.69 Å². The van der Waals surface area contributed by atoms with Crippen molar-refractivity contribution in [2.75, 3.05) is 31.6 Å². The van der Waals surface area contributed by atoms with Crippen molar-refractivity contribution in [2.24, 2.45) is 5.41 Å². The van der Waals surface area contributed by atoms with Gasteiger partial charge in [0.15, 0.2) is 0 Å². The number of nitrogens with zero attached hydrogens (tertiary/aromatic N) is 1. The van der Waals surface area contributed by atoms with Crippen molar-refractivity contribution < 1.29 is 23.1 Å². The maximum absolute atomic E-state index is 13.0. The molecule has 0 radical (unpaired) electrons. The molecular formula is C20H30N2O5S. The fraction of sp³-hybridized carbons (Fsp3) is 0.650. The third-order valence-electron chi connectivity index (χ3n) is 5.87. The first-order chi connectivity index (χ1) is 13.3. The average Bonchev–Trinajstić information content (AvgIpc) is 2.69. The monoisotopic (exact) mass is 410 g/mol. The molecule has 3 rings (SSSR count). The molecule has 156 valence electrons. The molecule has 2 heterocycles. The minimum atomic E-state index is -3.59. The third kappa shape index (κ3) is 4.92. The van der Waals surface area contributed by atoms with Gasteiger partial charge >= 0.3 is 0 Å². The Hall–Kier alpha value is -1.48. The highest BCUT2D eigenvalue weighted by atomic mass is 32.2. The van der Waals surface area contributed by atoms with Gasteiger partial charge < -0.3 is 15.2 Å². The molecule has 1 unspecified atom stereocenters. The van der Waals surface area contributed by atoms with E-state index < -0.39 is 10.0 Å². The van der Waals surface area contributed by atoms with Crippen LogP contribution in [0.3, 0.4) is 0 Å². The number of rotatable bonds is 6. The number of amides is 1. The lowest BCUT2D eigenvalue weighted by atomic mass is 9.74. The summed E-state index contributed by atoms with van der Waals surface area (Å²) in [6, 6.07) is 6.22. The summed E-state index contributed by atoms with van der Waals surface area (Å²) in [6.45, 7) is 3.03. The Labute approximate surface area is 167 Å². The first-order valence-electron chi connectivity index (χ1n) is 9.95. The number of ether oxygens (including phenoxy) is 1. The molecule has 2 aliphatic rings. The molecule has 0 aliphatic carbocycles. The number of aliphatic hydroxyl groups is 1. The van der Waals surface area contributed by atoms with E-state index >= 15 is 0 Å². The van der Waals surface area contributed by atoms with Gasteiger partial charge in [-0.25, -0.2) is 8.42 Å². The topological polar surface area (TPSA) is 95.9 Å². The highest BCUT2D eigenvalue weighted by Crippen LogP contribution is 2.39. The number of anilines is 1. The van der Waals surface area contributed by atoms with E-state index in [1.54, 1.807) is 12.1 Å². The van der Waals surface area contributed by atoms with Crippen LogP contribution < -0.4 is 5.32 Å². The standard InChI is InChI=1S/C20H30N2O5S/c1-16(24)21-17-5-7-19(8-6-17)28(25,26)22-11-9-20(15-23,10-12-22)14-18-4-2-3-13-27-18/h5-8,18,23H,2-4,9-15H2,1H3,(H,21,24). The van der Waals surface area contributed by atoms with Crippen LogP contribution in [0, 0.1) is 5.41 Å². The summed E-state index contributed by atoms with van der Waals surface area (Å²) in [7, 11) is -3.59. The highest BCUT2D eigenvalue weighted by Gasteiger charge is 2.40. The molecule has 2 N–H and O–H groups in total. The zero-order chi connectivity index (χ0) is 20.2. The summed E-state index contributed by atoms with van der Waals surface area (Å²) in [4.78, 5) is 11.3. The fourth-order valence-electron chi connectivity index (χ4n) is 4.14. The molecule has 28 heavy (non-hydrogen) atoms. The summed E-state index contributed by atoms with van der Waals surface area (Å²) >= 11 is 0. The Morgan fingerprint density at radius 3 is 2.46 bits per heavy atom. The largest absolute Gasteiger partial charge is 0.396 e. The molecule has 1 aromatic rings. The molecule has 1 amide bonds. The molecule has 2 saturated heterocycles. The van der Waals surface area contributed by atoms with Gasteiger partial charge in [0.05, 0.1) is 11.0 Å². The number of nitrogens with one attached hydrogen (secondary N) is 1. The normalized spacial score (nSPS) is 23.3. The first-order valence-corrected chi connectivity index (χ1v) is 11.4. The van der Waals surface area contributed by atoms with E-state index in [2.05, 4.69) is 5.32 Å². The van der Waals surface area contributed by atoms with Gasteiger partial charge in [0.25, 0.3) is 0 Å². The molecule has 0 bridgehead atoms. The molecule has 1 atom stereocenters. The SMILES string of the molecule is CC(=O)Nc1ccc(S(=O)(=O)N2CCC(CO)(CC3CCCCO3)CC2)cc1. The summed E-state index contributed by atoms with van der Waals surface area (Å²) in [6.07, 6.45) is 5.49. The fourth-order valence-corrected chi connectivity index (χ4v) is 5.58. The average molecular weight is 411 g/mol. The molecule has 1 aromatic carbocycles. The number of piperidine rings is 1. The zero-order valence-electron chi connectivity index (χ0n) is 16.4. The third-order valence-corrected chi connectivity index (χ3v) is 7.78. The lowest BCUT2D eigenvalue weighted by Crippen LogP contribution is -2.46. The number of hydrogen-bond donors (Lipinski definition) is 2. The Morgan fingerprint density at radius 2 is 1.93 bits per heavy atom. The van der Waals surface area contributed by atoms with Crippen LogP contribution >= 0.6 is 0 Å². The van der Waals surface area contributed by atoms with E-state index in [0.29, 0.717) is 31.6 Å². The van der Waals surface area contributed by atoms with Gasteiger partial charge in [-0.2, -0.15) is 4.31 Å². The summed E-state index contributed by atoms with van der Waals surface area (Å²) in [5, 5.41) is 12.7. The van der Waals surface area contributed by atoms with Gasteiger partial charge in [0.2, 0.25) is 15.9 Å². The molecule has 8 heteroatoms. The van der Waals surface area contributed by atoms with Crippen molar-refractivity contribution >= 4 is 21.6 Å². The number of benzene rings is 1. The lowest BCUT2D eigenvalue weighted by Gasteiger charge is -2.42. The zero-order valence-corrected chi connectivity index (χ0v) is 17.2. The number of aliphatic hydroxyl groups excluding tert-OH is 1. The van der Waals surface area contributed by atoms with Crippen molar-refractivity contribution in [1.82, 2.24) is 4.31 Å².